The molecule has 0 spiro atoms. The van der Waals surface area contributed by atoms with Crippen LogP contribution in [0.15, 0.2) is 24.3 Å². The first-order valence-electron chi connectivity index (χ1n) is 4.77. The predicted octanol–water partition coefficient (Wildman–Crippen LogP) is 1.47. The van der Waals surface area contributed by atoms with Gasteiger partial charge in [-0.3, -0.25) is 0 Å². The molecule has 1 aromatic carbocycles. The lowest BCUT2D eigenvalue weighted by molar-refractivity contribution is 0.168. The van der Waals surface area contributed by atoms with E-state index >= 15 is 0 Å². The molecule has 2 unspecified atom stereocenters. The van der Waals surface area contributed by atoms with Gasteiger partial charge in [0, 0.05) is 12.1 Å². The lowest BCUT2D eigenvalue weighted by Gasteiger charge is -2.14. The smallest absolute Gasteiger partial charge is 0.129 e. The molecule has 0 saturated heterocycles. The number of benzene rings is 1. The molecule has 2 N–H and O–H groups in total. The molecule has 0 amide bonds. The van der Waals surface area contributed by atoms with Gasteiger partial charge in [-0.05, 0) is 13.0 Å². The molecule has 0 aliphatic heterocycles. The molecule has 80 valence electrons. The van der Waals surface area contributed by atoms with Gasteiger partial charge in [0.1, 0.15) is 5.82 Å². The van der Waals surface area contributed by atoms with Crippen molar-refractivity contribution < 1.29 is 9.50 Å². The minimum Gasteiger partial charge on any atom is -0.387 e. The second kappa shape index (κ2) is 5.50. The van der Waals surface area contributed by atoms with E-state index in [1.807, 2.05) is 0 Å². The fourth-order valence-electron chi connectivity index (χ4n) is 1.20. The van der Waals surface area contributed by atoms with Crippen LogP contribution in [-0.2, 0) is 0 Å². The van der Waals surface area contributed by atoms with E-state index in [4.69, 9.17) is 6.42 Å². The van der Waals surface area contributed by atoms with Gasteiger partial charge in [0.05, 0.1) is 12.1 Å². The van der Waals surface area contributed by atoms with E-state index in [1.54, 1.807) is 25.1 Å². The van der Waals surface area contributed by atoms with Gasteiger partial charge < -0.3 is 10.4 Å². The van der Waals surface area contributed by atoms with Crippen molar-refractivity contribution in [1.29, 1.82) is 0 Å². The fraction of sp³-hybridized carbons (Fsp3) is 0.333. The number of hydrogen-bond donors (Lipinski definition) is 2. The molecule has 0 radical (unpaired) electrons. The minimum atomic E-state index is -0.873. The third kappa shape index (κ3) is 3.35. The lowest BCUT2D eigenvalue weighted by atomic mass is 10.1. The Balaban J connectivity index is 2.58. The maximum atomic E-state index is 13.2. The summed E-state index contributed by atoms with van der Waals surface area (Å²) in [7, 11) is 0. The van der Waals surface area contributed by atoms with Gasteiger partial charge in [0.15, 0.2) is 0 Å². The van der Waals surface area contributed by atoms with Crippen molar-refractivity contribution in [3.63, 3.8) is 0 Å². The summed E-state index contributed by atoms with van der Waals surface area (Å²) in [4.78, 5) is 0. The molecule has 0 bridgehead atoms. The molecule has 3 heteroatoms. The van der Waals surface area contributed by atoms with Gasteiger partial charge in [-0.15, -0.1) is 6.42 Å². The number of hydrogen-bond acceptors (Lipinski definition) is 2. The number of aliphatic hydroxyl groups is 1. The number of rotatable bonds is 4. The van der Waals surface area contributed by atoms with E-state index in [-0.39, 0.29) is 18.2 Å². The van der Waals surface area contributed by atoms with Crippen LogP contribution in [0, 0.1) is 18.2 Å². The van der Waals surface area contributed by atoms with Crippen molar-refractivity contribution in [2.45, 2.75) is 19.1 Å². The average Bonchev–Trinajstić information content (AvgIpc) is 2.26. The maximum Gasteiger partial charge on any atom is 0.129 e. The number of halogens is 1. The van der Waals surface area contributed by atoms with Gasteiger partial charge in [0.25, 0.3) is 0 Å². The Morgan fingerprint density at radius 3 is 2.80 bits per heavy atom. The van der Waals surface area contributed by atoms with Crippen LogP contribution in [-0.4, -0.2) is 17.7 Å². The summed E-state index contributed by atoms with van der Waals surface area (Å²) in [5.41, 5.74) is 0.286. The van der Waals surface area contributed by atoms with E-state index in [0.29, 0.717) is 0 Å². The molecule has 1 rings (SSSR count). The van der Waals surface area contributed by atoms with Crippen LogP contribution in [0.3, 0.4) is 0 Å². The Bertz CT molecular complexity index is 359. The SMILES string of the molecule is C#CC(C)NCC(O)c1ccccc1F. The van der Waals surface area contributed by atoms with Crippen molar-refractivity contribution in [3.05, 3.63) is 35.6 Å². The van der Waals surface area contributed by atoms with Gasteiger partial charge in [-0.2, -0.15) is 0 Å². The van der Waals surface area contributed by atoms with Crippen molar-refractivity contribution in [3.8, 4) is 12.3 Å². The zero-order chi connectivity index (χ0) is 11.3. The quantitative estimate of drug-likeness (QED) is 0.733. The van der Waals surface area contributed by atoms with Crippen LogP contribution in [0.4, 0.5) is 4.39 Å². The van der Waals surface area contributed by atoms with Gasteiger partial charge in [-0.25, -0.2) is 4.39 Å². The van der Waals surface area contributed by atoms with Gasteiger partial charge in [-0.1, -0.05) is 24.1 Å². The largest absolute Gasteiger partial charge is 0.387 e. The highest BCUT2D eigenvalue weighted by molar-refractivity contribution is 5.20. The molecule has 2 nitrogen and oxygen atoms in total. The second-order valence-electron chi connectivity index (χ2n) is 3.33. The number of aliphatic hydroxyl groups excluding tert-OH is 1. The third-order valence-electron chi connectivity index (χ3n) is 2.13. The number of terminal acetylenes is 1. The Kier molecular flexibility index (Phi) is 4.29. The molecule has 0 aliphatic carbocycles. The molecule has 2 atom stereocenters. The topological polar surface area (TPSA) is 32.3 Å². The highest BCUT2D eigenvalue weighted by Gasteiger charge is 2.12. The summed E-state index contributed by atoms with van der Waals surface area (Å²) < 4.78 is 13.2. The van der Waals surface area contributed by atoms with Crippen LogP contribution in [0.25, 0.3) is 0 Å². The monoisotopic (exact) mass is 207 g/mol. The molecule has 0 aliphatic rings. The van der Waals surface area contributed by atoms with E-state index in [0.717, 1.165) is 0 Å². The lowest BCUT2D eigenvalue weighted by Crippen LogP contribution is -2.29. The van der Waals surface area contributed by atoms with Crippen LogP contribution in [0.1, 0.15) is 18.6 Å². The average molecular weight is 207 g/mol. The summed E-state index contributed by atoms with van der Waals surface area (Å²) >= 11 is 0. The maximum absolute atomic E-state index is 13.2. The number of nitrogens with one attached hydrogen (secondary N) is 1. The Labute approximate surface area is 89.1 Å². The molecule has 0 heterocycles. The Morgan fingerprint density at radius 2 is 2.20 bits per heavy atom. The van der Waals surface area contributed by atoms with Crippen LogP contribution in [0.2, 0.25) is 0 Å². The van der Waals surface area contributed by atoms with Gasteiger partial charge >= 0.3 is 0 Å². The van der Waals surface area contributed by atoms with Crippen LogP contribution >= 0.6 is 0 Å². The van der Waals surface area contributed by atoms with E-state index < -0.39 is 11.9 Å². The minimum absolute atomic E-state index is 0.133. The Hall–Kier alpha value is -1.37. The molecule has 15 heavy (non-hydrogen) atoms. The first-order valence-corrected chi connectivity index (χ1v) is 4.77. The van der Waals surface area contributed by atoms with E-state index in [1.165, 1.54) is 6.07 Å². The van der Waals surface area contributed by atoms with E-state index in [2.05, 4.69) is 11.2 Å². The summed E-state index contributed by atoms with van der Waals surface area (Å²) in [6.45, 7) is 2.04. The van der Waals surface area contributed by atoms with Crippen LogP contribution in [0.5, 0.6) is 0 Å². The molecule has 1 aromatic rings. The normalized spacial score (nSPS) is 14.3. The molecular formula is C12H14FNO. The van der Waals surface area contributed by atoms with Crippen molar-refractivity contribution >= 4 is 0 Å². The zero-order valence-electron chi connectivity index (χ0n) is 8.57. The standard InChI is InChI=1S/C12H14FNO/c1-3-9(2)14-8-12(15)10-6-4-5-7-11(10)13/h1,4-7,9,12,14-15H,8H2,2H3. The predicted molar refractivity (Wildman–Crippen MR) is 57.7 cm³/mol. The first-order chi connectivity index (χ1) is 7.15. The van der Waals surface area contributed by atoms with Crippen LogP contribution < -0.4 is 5.32 Å². The van der Waals surface area contributed by atoms with E-state index in [9.17, 15) is 9.50 Å². The second-order valence-corrected chi connectivity index (χ2v) is 3.33. The Morgan fingerprint density at radius 1 is 1.53 bits per heavy atom. The summed E-state index contributed by atoms with van der Waals surface area (Å²) in [5.74, 6) is 2.07. The van der Waals surface area contributed by atoms with Gasteiger partial charge in [0.2, 0.25) is 0 Å². The van der Waals surface area contributed by atoms with Crippen molar-refractivity contribution in [2.75, 3.05) is 6.54 Å². The summed E-state index contributed by atoms with van der Waals surface area (Å²) in [5, 5.41) is 12.6. The molecule has 0 aromatic heterocycles. The summed E-state index contributed by atoms with van der Waals surface area (Å²) in [6, 6.07) is 6.02. The zero-order valence-corrected chi connectivity index (χ0v) is 8.57. The van der Waals surface area contributed by atoms with Crippen molar-refractivity contribution in [1.82, 2.24) is 5.32 Å². The highest BCUT2D eigenvalue weighted by Crippen LogP contribution is 2.15. The first kappa shape index (κ1) is 11.7. The summed E-state index contributed by atoms with van der Waals surface area (Å²) in [6.07, 6.45) is 4.29. The molecular weight excluding hydrogens is 193 g/mol. The molecule has 0 saturated carbocycles. The highest BCUT2D eigenvalue weighted by atomic mass is 19.1. The fourth-order valence-corrected chi connectivity index (χ4v) is 1.20. The molecule has 0 fully saturated rings. The van der Waals surface area contributed by atoms with Crippen molar-refractivity contribution in [2.24, 2.45) is 0 Å². The third-order valence-corrected chi connectivity index (χ3v) is 2.13.